The summed E-state index contributed by atoms with van der Waals surface area (Å²) in [4.78, 5) is 8.20. The number of nitrogens with zero attached hydrogens (tertiary/aromatic N) is 2. The van der Waals surface area contributed by atoms with Gasteiger partial charge in [-0.05, 0) is 47.0 Å². The summed E-state index contributed by atoms with van der Waals surface area (Å²) in [6, 6.07) is 11.7. The number of benzene rings is 2. The molecule has 0 radical (unpaired) electrons. The van der Waals surface area contributed by atoms with Crippen molar-refractivity contribution in [1.29, 1.82) is 0 Å². The second-order valence-electron chi connectivity index (χ2n) is 4.51. The van der Waals surface area contributed by atoms with Crippen molar-refractivity contribution < 1.29 is 9.47 Å². The fraction of sp³-hybridized carbons (Fsp3) is 0.125. The molecule has 0 atom stereocenters. The molecule has 0 amide bonds. The van der Waals surface area contributed by atoms with Crippen LogP contribution in [0, 0.1) is 0 Å². The molecular formula is C16H13ClN2O2. The van der Waals surface area contributed by atoms with Gasteiger partial charge in [-0.2, -0.15) is 0 Å². The second-order valence-corrected chi connectivity index (χ2v) is 4.85. The molecule has 2 aromatic carbocycles. The van der Waals surface area contributed by atoms with Crippen molar-refractivity contribution >= 4 is 22.5 Å². The van der Waals surface area contributed by atoms with Crippen LogP contribution in [0.5, 0.6) is 11.5 Å². The monoisotopic (exact) mass is 300 g/mol. The minimum absolute atomic E-state index is 0.248. The van der Waals surface area contributed by atoms with E-state index in [1.807, 2.05) is 36.4 Å². The molecule has 0 aliphatic carbocycles. The summed E-state index contributed by atoms with van der Waals surface area (Å²) >= 11 is 5.80. The smallest absolute Gasteiger partial charge is 0.222 e. The number of halogens is 1. The Morgan fingerprint density at radius 3 is 2.29 bits per heavy atom. The van der Waals surface area contributed by atoms with Crippen molar-refractivity contribution in [2.45, 2.75) is 0 Å². The Bertz CT molecular complexity index is 783. The molecule has 0 unspecified atom stereocenters. The zero-order valence-corrected chi connectivity index (χ0v) is 12.4. The molecule has 0 saturated heterocycles. The Kier molecular flexibility index (Phi) is 3.62. The predicted molar refractivity (Wildman–Crippen MR) is 83.1 cm³/mol. The lowest BCUT2D eigenvalue weighted by Crippen LogP contribution is -1.89. The number of fused-ring (bicyclic) bond motifs is 1. The maximum atomic E-state index is 5.80. The molecule has 0 aliphatic rings. The summed E-state index contributed by atoms with van der Waals surface area (Å²) in [6.45, 7) is 0. The fourth-order valence-corrected chi connectivity index (χ4v) is 2.30. The van der Waals surface area contributed by atoms with E-state index in [4.69, 9.17) is 21.1 Å². The average Bonchev–Trinajstić information content (AvgIpc) is 2.53. The quantitative estimate of drug-likeness (QED) is 0.687. The second kappa shape index (κ2) is 5.58. The van der Waals surface area contributed by atoms with Crippen LogP contribution in [0.2, 0.25) is 5.28 Å². The standard InChI is InChI=1S/C16H13ClN2O2/c1-20-13-6-11(7-14(8-13)21-2)10-3-4-15-12(5-10)9-18-16(17)19-15/h3-9H,1-2H3. The maximum Gasteiger partial charge on any atom is 0.222 e. The first-order valence-electron chi connectivity index (χ1n) is 6.35. The largest absolute Gasteiger partial charge is 0.497 e. The number of hydrogen-bond acceptors (Lipinski definition) is 4. The lowest BCUT2D eigenvalue weighted by Gasteiger charge is -2.09. The molecule has 21 heavy (non-hydrogen) atoms. The summed E-state index contributed by atoms with van der Waals surface area (Å²) in [5, 5.41) is 1.18. The van der Waals surface area contributed by atoms with Gasteiger partial charge in [0.15, 0.2) is 0 Å². The van der Waals surface area contributed by atoms with Gasteiger partial charge in [0.25, 0.3) is 0 Å². The molecule has 0 saturated carbocycles. The summed E-state index contributed by atoms with van der Waals surface area (Å²) in [5.41, 5.74) is 2.85. The van der Waals surface area contributed by atoms with E-state index in [2.05, 4.69) is 9.97 Å². The van der Waals surface area contributed by atoms with E-state index < -0.39 is 0 Å². The summed E-state index contributed by atoms with van der Waals surface area (Å²) < 4.78 is 10.6. The number of methoxy groups -OCH3 is 2. The van der Waals surface area contributed by atoms with Crippen LogP contribution in [-0.4, -0.2) is 24.2 Å². The van der Waals surface area contributed by atoms with E-state index in [0.717, 1.165) is 33.5 Å². The Balaban J connectivity index is 2.13. The first-order chi connectivity index (χ1) is 10.2. The van der Waals surface area contributed by atoms with Crippen molar-refractivity contribution in [3.63, 3.8) is 0 Å². The highest BCUT2D eigenvalue weighted by Crippen LogP contribution is 2.31. The van der Waals surface area contributed by atoms with Crippen LogP contribution in [0.15, 0.2) is 42.6 Å². The number of ether oxygens (including phenoxy) is 2. The summed E-state index contributed by atoms with van der Waals surface area (Å²) in [6.07, 6.45) is 1.71. The molecule has 3 rings (SSSR count). The lowest BCUT2D eigenvalue weighted by molar-refractivity contribution is 0.394. The molecule has 0 bridgehead atoms. The third-order valence-corrected chi connectivity index (χ3v) is 3.42. The van der Waals surface area contributed by atoms with Gasteiger partial charge in [0.1, 0.15) is 11.5 Å². The van der Waals surface area contributed by atoms with Crippen LogP contribution in [0.25, 0.3) is 22.0 Å². The first kappa shape index (κ1) is 13.6. The zero-order chi connectivity index (χ0) is 14.8. The van der Waals surface area contributed by atoms with E-state index in [1.54, 1.807) is 20.4 Å². The average molecular weight is 301 g/mol. The molecule has 5 heteroatoms. The van der Waals surface area contributed by atoms with Gasteiger partial charge in [-0.15, -0.1) is 0 Å². The SMILES string of the molecule is COc1cc(OC)cc(-c2ccc3nc(Cl)ncc3c2)c1. The third-order valence-electron chi connectivity index (χ3n) is 3.24. The molecule has 4 nitrogen and oxygen atoms in total. The highest BCUT2D eigenvalue weighted by molar-refractivity contribution is 6.28. The van der Waals surface area contributed by atoms with Gasteiger partial charge in [-0.1, -0.05) is 6.07 Å². The van der Waals surface area contributed by atoms with Crippen molar-refractivity contribution in [2.24, 2.45) is 0 Å². The third kappa shape index (κ3) is 2.76. The van der Waals surface area contributed by atoms with Crippen LogP contribution >= 0.6 is 11.6 Å². The zero-order valence-electron chi connectivity index (χ0n) is 11.6. The van der Waals surface area contributed by atoms with Gasteiger partial charge in [0.2, 0.25) is 5.28 Å². The van der Waals surface area contributed by atoms with Crippen LogP contribution in [0.3, 0.4) is 0 Å². The normalized spacial score (nSPS) is 10.6. The molecule has 106 valence electrons. The van der Waals surface area contributed by atoms with Crippen LogP contribution in [-0.2, 0) is 0 Å². The highest BCUT2D eigenvalue weighted by Gasteiger charge is 2.06. The predicted octanol–water partition coefficient (Wildman–Crippen LogP) is 3.97. The van der Waals surface area contributed by atoms with E-state index >= 15 is 0 Å². The van der Waals surface area contributed by atoms with Crippen LogP contribution in [0.4, 0.5) is 0 Å². The van der Waals surface area contributed by atoms with Crippen molar-refractivity contribution in [3.8, 4) is 22.6 Å². The maximum absolute atomic E-state index is 5.80. The Labute approximate surface area is 127 Å². The van der Waals surface area contributed by atoms with Crippen molar-refractivity contribution in [2.75, 3.05) is 14.2 Å². The Morgan fingerprint density at radius 2 is 1.62 bits per heavy atom. The van der Waals surface area contributed by atoms with Crippen molar-refractivity contribution in [1.82, 2.24) is 9.97 Å². The van der Waals surface area contributed by atoms with E-state index in [9.17, 15) is 0 Å². The van der Waals surface area contributed by atoms with E-state index in [-0.39, 0.29) is 5.28 Å². The minimum atomic E-state index is 0.248. The van der Waals surface area contributed by atoms with Gasteiger partial charge in [0.05, 0.1) is 19.7 Å². The molecule has 1 aromatic heterocycles. The Hall–Kier alpha value is -2.33. The van der Waals surface area contributed by atoms with Crippen LogP contribution < -0.4 is 9.47 Å². The Morgan fingerprint density at radius 1 is 0.905 bits per heavy atom. The van der Waals surface area contributed by atoms with Crippen LogP contribution in [0.1, 0.15) is 0 Å². The number of hydrogen-bond donors (Lipinski definition) is 0. The van der Waals surface area contributed by atoms with Gasteiger partial charge in [-0.3, -0.25) is 0 Å². The molecule has 0 N–H and O–H groups in total. The lowest BCUT2D eigenvalue weighted by atomic mass is 10.0. The molecule has 0 fully saturated rings. The highest BCUT2D eigenvalue weighted by atomic mass is 35.5. The topological polar surface area (TPSA) is 44.2 Å². The van der Waals surface area contributed by atoms with E-state index in [0.29, 0.717) is 0 Å². The van der Waals surface area contributed by atoms with E-state index in [1.165, 1.54) is 0 Å². The summed E-state index contributed by atoms with van der Waals surface area (Å²) in [7, 11) is 3.27. The molecule has 3 aromatic rings. The molecule has 0 spiro atoms. The van der Waals surface area contributed by atoms with Gasteiger partial charge < -0.3 is 9.47 Å². The van der Waals surface area contributed by atoms with Crippen molar-refractivity contribution in [3.05, 3.63) is 47.9 Å². The fourth-order valence-electron chi connectivity index (χ4n) is 2.16. The minimum Gasteiger partial charge on any atom is -0.497 e. The van der Waals surface area contributed by atoms with Gasteiger partial charge >= 0.3 is 0 Å². The number of rotatable bonds is 3. The molecular weight excluding hydrogens is 288 g/mol. The summed E-state index contributed by atoms with van der Waals surface area (Å²) in [5.74, 6) is 1.49. The van der Waals surface area contributed by atoms with Gasteiger partial charge in [-0.25, -0.2) is 9.97 Å². The molecule has 1 heterocycles. The number of aromatic nitrogens is 2. The molecule has 0 aliphatic heterocycles. The first-order valence-corrected chi connectivity index (χ1v) is 6.73. The van der Waals surface area contributed by atoms with Gasteiger partial charge in [0, 0.05) is 17.6 Å².